The van der Waals surface area contributed by atoms with Crippen molar-refractivity contribution in [2.45, 2.75) is 0 Å². The van der Waals surface area contributed by atoms with Crippen molar-refractivity contribution in [1.82, 2.24) is 12.3 Å². The fourth-order valence-corrected chi connectivity index (χ4v) is 14.2. The second-order valence-electron chi connectivity index (χ2n) is 1.15. The Kier molecular flexibility index (Phi) is 9.33. The monoisotopic (exact) mass is 624 g/mol. The van der Waals surface area contributed by atoms with E-state index in [2.05, 4.69) is -0.255 Å². The van der Waals surface area contributed by atoms with Gasteiger partial charge in [0, 0.05) is 0 Å². The van der Waals surface area contributed by atoms with Gasteiger partial charge in [0.25, 0.3) is 0 Å². The van der Waals surface area contributed by atoms with Crippen LogP contribution in [0.1, 0.15) is 0 Å². The predicted molar refractivity (Wildman–Crippen MR) is 18.3 cm³/mol. The van der Waals surface area contributed by atoms with Gasteiger partial charge in [-0.25, -0.2) is 0 Å². The standard InChI is InChI=1S/2H3N.2H2O.5O.2U/h2*1H3;2*1H2;;;;;;;/q;;;;;;;;;2*+1/p-2. The molecule has 0 rings (SSSR count). The Morgan fingerprint density at radius 2 is 1.00 bits per heavy atom. The van der Waals surface area contributed by atoms with Gasteiger partial charge in [0.1, 0.15) is 0 Å². The van der Waals surface area contributed by atoms with Crippen LogP contribution in [0.5, 0.6) is 0 Å². The summed E-state index contributed by atoms with van der Waals surface area (Å²) < 4.78 is 57.0. The molecule has 0 aliphatic carbocycles. The van der Waals surface area contributed by atoms with Gasteiger partial charge in [-0.1, -0.05) is 0 Å². The van der Waals surface area contributed by atoms with E-state index in [0.29, 0.717) is 0 Å². The number of hydrogen-bond donors (Lipinski definition) is 4. The molecule has 11 heavy (non-hydrogen) atoms. The molecule has 0 aliphatic heterocycles. The molecule has 0 heterocycles. The summed E-state index contributed by atoms with van der Waals surface area (Å²) in [5.41, 5.74) is 0. The van der Waals surface area contributed by atoms with Gasteiger partial charge in [-0.15, -0.1) is 0 Å². The van der Waals surface area contributed by atoms with Crippen molar-refractivity contribution in [2.75, 3.05) is 0 Å². The minimum atomic E-state index is -6.40. The van der Waals surface area contributed by atoms with Crippen LogP contribution in [-0.2, 0) is 8.69 Å². The van der Waals surface area contributed by atoms with Gasteiger partial charge in [0.2, 0.25) is 0 Å². The molecule has 0 unspecified atom stereocenters. The van der Waals surface area contributed by atoms with Crippen LogP contribution in [0, 0.1) is 50.8 Å². The molecule has 0 saturated carbocycles. The fraction of sp³-hybridized carbons (Fsp3) is 0. The number of hydrogen-bond acceptors (Lipinski definition) is 7. The second-order valence-corrected chi connectivity index (χ2v) is 18.7. The summed E-state index contributed by atoms with van der Waals surface area (Å²) in [7, 11) is 0. The van der Waals surface area contributed by atoms with Crippen LogP contribution in [0.15, 0.2) is 0 Å². The van der Waals surface area contributed by atoms with Crippen LogP contribution in [0.4, 0.5) is 0 Å². The summed E-state index contributed by atoms with van der Waals surface area (Å²) in [5.74, 6) is 0. The SMILES string of the molecule is N.N.[O]=[U](=[O])([OH])[O][U](=[O])(=[O])[OH]. The van der Waals surface area contributed by atoms with Crippen LogP contribution in [0.25, 0.3) is 0 Å². The summed E-state index contributed by atoms with van der Waals surface area (Å²) >= 11 is -12.8. The number of rotatable bonds is 2. The van der Waals surface area contributed by atoms with Crippen molar-refractivity contribution in [3.8, 4) is 0 Å². The Labute approximate surface area is 76.0 Å². The zero-order valence-electron chi connectivity index (χ0n) is 5.35. The molecule has 68 valence electrons. The molecule has 9 nitrogen and oxygen atoms in total. The van der Waals surface area contributed by atoms with Crippen molar-refractivity contribution in [2.24, 2.45) is 0 Å². The second kappa shape index (κ2) is 5.70. The van der Waals surface area contributed by atoms with Crippen molar-refractivity contribution in [3.63, 3.8) is 0 Å². The van der Waals surface area contributed by atoms with E-state index in [1.165, 1.54) is 0 Å². The first kappa shape index (κ1) is 18.0. The predicted octanol–water partition coefficient (Wildman–Crippen LogP) is -1.33. The Morgan fingerprint density at radius 1 is 0.818 bits per heavy atom. The molecule has 0 amide bonds. The van der Waals surface area contributed by atoms with Crippen molar-refractivity contribution >= 4 is 0 Å². The van der Waals surface area contributed by atoms with Crippen molar-refractivity contribution < 1.29 is 64.8 Å². The molecule has 0 aromatic carbocycles. The van der Waals surface area contributed by atoms with E-state index < -0.39 is 50.8 Å². The quantitative estimate of drug-likeness (QED) is 0.289. The third-order valence-electron chi connectivity index (χ3n) is 0.258. The normalized spacial score (nSPS) is 11.1. The van der Waals surface area contributed by atoms with Gasteiger partial charge < -0.3 is 12.3 Å². The summed E-state index contributed by atoms with van der Waals surface area (Å²) in [5, 5.41) is 0. The Hall–Kier alpha value is 1.10. The van der Waals surface area contributed by atoms with Gasteiger partial charge in [-0.2, -0.15) is 0 Å². The molecular formula is H8N2O7U2. The van der Waals surface area contributed by atoms with Gasteiger partial charge in [-0.3, -0.25) is 0 Å². The van der Waals surface area contributed by atoms with E-state index in [4.69, 9.17) is 5.22 Å². The average molecular weight is 624 g/mol. The molecule has 0 aromatic heterocycles. The maximum atomic E-state index is 9.62. The van der Waals surface area contributed by atoms with Crippen LogP contribution < -0.4 is 12.3 Å². The topological polar surface area (TPSA) is 188 Å². The summed E-state index contributed by atoms with van der Waals surface area (Å²) in [6.45, 7) is 0. The Balaban J connectivity index is -0.000000320. The maximum absolute atomic E-state index is 9.62. The first-order valence-corrected chi connectivity index (χ1v) is 15.6. The van der Waals surface area contributed by atoms with Crippen LogP contribution in [-0.4, -0.2) is 5.22 Å². The molecule has 8 N–H and O–H groups in total. The van der Waals surface area contributed by atoms with Gasteiger partial charge >= 0.3 is 64.8 Å². The fourth-order valence-electron chi connectivity index (χ4n) is 0.163. The van der Waals surface area contributed by atoms with E-state index >= 15 is 0 Å². The first-order valence-electron chi connectivity index (χ1n) is 1.67. The van der Waals surface area contributed by atoms with Crippen LogP contribution >= 0.6 is 0 Å². The summed E-state index contributed by atoms with van der Waals surface area (Å²) in [6.07, 6.45) is 0. The average Bonchev–Trinajstić information content (AvgIpc) is 1.14. The molecule has 0 radical (unpaired) electrons. The summed E-state index contributed by atoms with van der Waals surface area (Å²) in [4.78, 5) is 0. The Bertz CT molecular complexity index is 240. The molecule has 0 aromatic rings. The Morgan fingerprint density at radius 3 is 1.00 bits per heavy atom. The van der Waals surface area contributed by atoms with E-state index in [-0.39, 0.29) is 12.3 Å². The van der Waals surface area contributed by atoms with Gasteiger partial charge in [-0.05, 0) is 0 Å². The molecule has 0 saturated heterocycles. The third-order valence-corrected chi connectivity index (χ3v) is 22.4. The molecular weight excluding hydrogens is 616 g/mol. The summed E-state index contributed by atoms with van der Waals surface area (Å²) in [6, 6.07) is 0. The zero-order valence-corrected chi connectivity index (χ0v) is 13.7. The zero-order chi connectivity index (χ0) is 7.71. The molecule has 0 spiro atoms. The van der Waals surface area contributed by atoms with E-state index in [0.717, 1.165) is 0 Å². The van der Waals surface area contributed by atoms with E-state index in [1.807, 2.05) is 0 Å². The first-order chi connectivity index (χ1) is 3.71. The minimum absolute atomic E-state index is 0. The molecule has 11 heteroatoms. The van der Waals surface area contributed by atoms with Crippen molar-refractivity contribution in [3.05, 3.63) is 0 Å². The van der Waals surface area contributed by atoms with Crippen molar-refractivity contribution in [1.29, 1.82) is 0 Å². The molecule has 0 bridgehead atoms. The van der Waals surface area contributed by atoms with Crippen LogP contribution in [0.3, 0.4) is 0 Å². The van der Waals surface area contributed by atoms with Gasteiger partial charge in [0.05, 0.1) is 0 Å². The van der Waals surface area contributed by atoms with E-state index in [9.17, 15) is 8.94 Å². The molecule has 0 aliphatic rings. The van der Waals surface area contributed by atoms with Gasteiger partial charge in [0.15, 0.2) is 0 Å². The molecule has 0 fully saturated rings. The third kappa shape index (κ3) is 18.2. The van der Waals surface area contributed by atoms with Crippen LogP contribution in [0.2, 0.25) is 0 Å². The van der Waals surface area contributed by atoms with E-state index in [1.54, 1.807) is 0 Å². The molecule has 0 atom stereocenters.